The first-order chi connectivity index (χ1) is 9.81. The average molecular weight is 334 g/mol. The quantitative estimate of drug-likeness (QED) is 0.801. The molecular weight excluding hydrogens is 322 g/mol. The van der Waals surface area contributed by atoms with E-state index in [0.29, 0.717) is 21.2 Å². The van der Waals surface area contributed by atoms with E-state index in [-0.39, 0.29) is 0 Å². The molecule has 0 aliphatic rings. The maximum Gasteiger partial charge on any atom is 0.416 e. The number of halogens is 5. The van der Waals surface area contributed by atoms with E-state index in [1.165, 1.54) is 6.07 Å². The number of nitrogens with one attached hydrogen (secondary N) is 1. The number of rotatable bonds is 3. The van der Waals surface area contributed by atoms with Crippen LogP contribution < -0.4 is 5.32 Å². The highest BCUT2D eigenvalue weighted by molar-refractivity contribution is 6.34. The molecule has 0 radical (unpaired) electrons. The van der Waals surface area contributed by atoms with Gasteiger partial charge in [-0.2, -0.15) is 13.2 Å². The van der Waals surface area contributed by atoms with E-state index < -0.39 is 17.8 Å². The Morgan fingerprint density at radius 3 is 2.10 bits per heavy atom. The van der Waals surface area contributed by atoms with Crippen molar-refractivity contribution in [1.29, 1.82) is 0 Å². The van der Waals surface area contributed by atoms with Crippen molar-refractivity contribution in [2.75, 3.05) is 7.05 Å². The van der Waals surface area contributed by atoms with Crippen LogP contribution in [-0.2, 0) is 6.18 Å². The molecule has 0 bridgehead atoms. The Balaban J connectivity index is 2.46. The molecule has 0 saturated carbocycles. The fraction of sp³-hybridized carbons (Fsp3) is 0.200. The van der Waals surface area contributed by atoms with E-state index in [0.717, 1.165) is 12.1 Å². The SMILES string of the molecule is CNC(c1cc(Cl)cc(Cl)c1)c1cccc(C(F)(F)F)c1. The predicted molar refractivity (Wildman–Crippen MR) is 78.8 cm³/mol. The van der Waals surface area contributed by atoms with Gasteiger partial charge in [0.05, 0.1) is 11.6 Å². The van der Waals surface area contributed by atoms with Crippen LogP contribution in [0.5, 0.6) is 0 Å². The molecule has 1 N–H and O–H groups in total. The highest BCUT2D eigenvalue weighted by Crippen LogP contribution is 2.33. The van der Waals surface area contributed by atoms with Gasteiger partial charge in [0.15, 0.2) is 0 Å². The van der Waals surface area contributed by atoms with Crippen molar-refractivity contribution in [3.8, 4) is 0 Å². The molecule has 0 amide bonds. The monoisotopic (exact) mass is 333 g/mol. The van der Waals surface area contributed by atoms with Crippen LogP contribution in [0.25, 0.3) is 0 Å². The van der Waals surface area contributed by atoms with Gasteiger partial charge < -0.3 is 5.32 Å². The van der Waals surface area contributed by atoms with Crippen molar-refractivity contribution in [3.05, 3.63) is 69.2 Å². The summed E-state index contributed by atoms with van der Waals surface area (Å²) in [7, 11) is 1.67. The van der Waals surface area contributed by atoms with Gasteiger partial charge in [0, 0.05) is 10.0 Å². The number of alkyl halides is 3. The average Bonchev–Trinajstić information content (AvgIpc) is 2.38. The summed E-state index contributed by atoms with van der Waals surface area (Å²) >= 11 is 11.9. The van der Waals surface area contributed by atoms with Crippen LogP contribution >= 0.6 is 23.2 Å². The Kier molecular flexibility index (Phi) is 4.81. The molecule has 2 rings (SSSR count). The lowest BCUT2D eigenvalue weighted by Crippen LogP contribution is -2.18. The van der Waals surface area contributed by atoms with Gasteiger partial charge in [0.1, 0.15) is 0 Å². The molecule has 112 valence electrons. The van der Waals surface area contributed by atoms with Gasteiger partial charge in [-0.1, -0.05) is 35.3 Å². The minimum Gasteiger partial charge on any atom is -0.309 e. The molecule has 0 fully saturated rings. The third-order valence-corrected chi connectivity index (χ3v) is 3.49. The highest BCUT2D eigenvalue weighted by Gasteiger charge is 2.31. The molecule has 2 aromatic rings. The van der Waals surface area contributed by atoms with Crippen molar-refractivity contribution in [2.24, 2.45) is 0 Å². The molecule has 0 saturated heterocycles. The van der Waals surface area contributed by atoms with Crippen LogP contribution in [0.2, 0.25) is 10.0 Å². The number of hydrogen-bond donors (Lipinski definition) is 1. The summed E-state index contributed by atoms with van der Waals surface area (Å²) < 4.78 is 38.4. The summed E-state index contributed by atoms with van der Waals surface area (Å²) in [4.78, 5) is 0. The van der Waals surface area contributed by atoms with Crippen LogP contribution in [-0.4, -0.2) is 7.05 Å². The third kappa shape index (κ3) is 3.90. The maximum atomic E-state index is 12.8. The Morgan fingerprint density at radius 1 is 0.952 bits per heavy atom. The van der Waals surface area contributed by atoms with Gasteiger partial charge in [-0.3, -0.25) is 0 Å². The van der Waals surface area contributed by atoms with Crippen LogP contribution in [0.1, 0.15) is 22.7 Å². The highest BCUT2D eigenvalue weighted by atomic mass is 35.5. The van der Waals surface area contributed by atoms with Gasteiger partial charge >= 0.3 is 6.18 Å². The van der Waals surface area contributed by atoms with Gasteiger partial charge in [-0.25, -0.2) is 0 Å². The van der Waals surface area contributed by atoms with E-state index in [9.17, 15) is 13.2 Å². The molecule has 0 spiro atoms. The summed E-state index contributed by atoms with van der Waals surface area (Å²) in [6, 6.07) is 9.68. The van der Waals surface area contributed by atoms with Crippen molar-refractivity contribution >= 4 is 23.2 Å². The fourth-order valence-electron chi connectivity index (χ4n) is 2.16. The summed E-state index contributed by atoms with van der Waals surface area (Å²) in [5.74, 6) is 0. The topological polar surface area (TPSA) is 12.0 Å². The van der Waals surface area contributed by atoms with Crippen LogP contribution in [0.4, 0.5) is 13.2 Å². The molecular formula is C15H12Cl2F3N. The lowest BCUT2D eigenvalue weighted by Gasteiger charge is -2.19. The molecule has 2 aromatic carbocycles. The summed E-state index contributed by atoms with van der Waals surface area (Å²) in [6.45, 7) is 0. The van der Waals surface area contributed by atoms with Crippen LogP contribution in [0.3, 0.4) is 0 Å². The van der Waals surface area contributed by atoms with Crippen molar-refractivity contribution in [1.82, 2.24) is 5.32 Å². The van der Waals surface area contributed by atoms with Crippen LogP contribution in [0, 0.1) is 0 Å². The Labute approximate surface area is 130 Å². The van der Waals surface area contributed by atoms with E-state index in [1.807, 2.05) is 0 Å². The second-order valence-electron chi connectivity index (χ2n) is 4.55. The first-order valence-corrected chi connectivity index (χ1v) is 6.87. The second-order valence-corrected chi connectivity index (χ2v) is 5.42. The zero-order chi connectivity index (χ0) is 15.6. The summed E-state index contributed by atoms with van der Waals surface area (Å²) in [5.41, 5.74) is 0.508. The minimum atomic E-state index is -4.37. The van der Waals surface area contributed by atoms with Gasteiger partial charge in [-0.15, -0.1) is 0 Å². The minimum absolute atomic E-state index is 0.427. The number of benzene rings is 2. The molecule has 6 heteroatoms. The lowest BCUT2D eigenvalue weighted by molar-refractivity contribution is -0.137. The fourth-order valence-corrected chi connectivity index (χ4v) is 2.71. The van der Waals surface area contributed by atoms with Gasteiger partial charge in [0.2, 0.25) is 0 Å². The molecule has 0 aliphatic heterocycles. The molecule has 1 unspecified atom stereocenters. The Morgan fingerprint density at radius 2 is 1.57 bits per heavy atom. The zero-order valence-electron chi connectivity index (χ0n) is 11.0. The molecule has 1 nitrogen and oxygen atoms in total. The normalized spacial score (nSPS) is 13.2. The van der Waals surface area contributed by atoms with E-state index in [4.69, 9.17) is 23.2 Å². The summed E-state index contributed by atoms with van der Waals surface area (Å²) in [6.07, 6.45) is -4.37. The van der Waals surface area contributed by atoms with E-state index in [2.05, 4.69) is 5.32 Å². The van der Waals surface area contributed by atoms with E-state index >= 15 is 0 Å². The maximum absolute atomic E-state index is 12.8. The first-order valence-electron chi connectivity index (χ1n) is 6.11. The number of hydrogen-bond acceptors (Lipinski definition) is 1. The lowest BCUT2D eigenvalue weighted by atomic mass is 9.97. The van der Waals surface area contributed by atoms with Crippen molar-refractivity contribution in [3.63, 3.8) is 0 Å². The van der Waals surface area contributed by atoms with Crippen LogP contribution in [0.15, 0.2) is 42.5 Å². The zero-order valence-corrected chi connectivity index (χ0v) is 12.5. The molecule has 0 heterocycles. The second kappa shape index (κ2) is 6.26. The third-order valence-electron chi connectivity index (χ3n) is 3.05. The molecule has 0 aliphatic carbocycles. The Hall–Kier alpha value is -1.23. The summed E-state index contributed by atoms with van der Waals surface area (Å²) in [5, 5.41) is 3.85. The smallest absolute Gasteiger partial charge is 0.309 e. The van der Waals surface area contributed by atoms with Gasteiger partial charge in [0.25, 0.3) is 0 Å². The molecule has 0 aromatic heterocycles. The molecule has 1 atom stereocenters. The van der Waals surface area contributed by atoms with E-state index in [1.54, 1.807) is 31.3 Å². The van der Waals surface area contributed by atoms with Gasteiger partial charge in [-0.05, 0) is 48.5 Å². The molecule has 21 heavy (non-hydrogen) atoms. The van der Waals surface area contributed by atoms with Crippen molar-refractivity contribution in [2.45, 2.75) is 12.2 Å². The Bertz CT molecular complexity index is 621. The largest absolute Gasteiger partial charge is 0.416 e. The van der Waals surface area contributed by atoms with Crippen molar-refractivity contribution < 1.29 is 13.2 Å². The standard InChI is InChI=1S/C15H12Cl2F3N/c1-21-14(10-6-12(16)8-13(17)7-10)9-3-2-4-11(5-9)15(18,19)20/h2-8,14,21H,1H3. The first kappa shape index (κ1) is 16.1. The predicted octanol–water partition coefficient (Wildman–Crippen LogP) is 5.32.